The maximum Gasteiger partial charge on any atom is 0.129 e. The summed E-state index contributed by atoms with van der Waals surface area (Å²) in [5, 5.41) is 12.9. The zero-order chi connectivity index (χ0) is 20.5. The Balaban J connectivity index is 1.64. The highest BCUT2D eigenvalue weighted by molar-refractivity contribution is 7.19. The first-order chi connectivity index (χ1) is 14.5. The molecule has 0 amide bonds. The van der Waals surface area contributed by atoms with Crippen LogP contribution in [0.25, 0.3) is 52.5 Å². The van der Waals surface area contributed by atoms with E-state index < -0.39 is 8.07 Å². The van der Waals surface area contributed by atoms with Crippen molar-refractivity contribution in [3.63, 3.8) is 0 Å². The first-order valence-corrected chi connectivity index (χ1v) is 15.4. The van der Waals surface area contributed by atoms with Gasteiger partial charge in [-0.3, -0.25) is 0 Å². The van der Waals surface area contributed by atoms with Gasteiger partial charge in [-0.2, -0.15) is 0 Å². The fourth-order valence-corrected chi connectivity index (χ4v) is 6.66. The van der Waals surface area contributed by atoms with E-state index in [9.17, 15) is 0 Å². The molecule has 0 saturated carbocycles. The summed E-state index contributed by atoms with van der Waals surface area (Å²) in [6.45, 7) is 6.88. The molecule has 30 heavy (non-hydrogen) atoms. The molecule has 2 aromatic heterocycles. The van der Waals surface area contributed by atoms with Crippen LogP contribution < -0.4 is 0 Å². The van der Waals surface area contributed by atoms with Gasteiger partial charge in [0.15, 0.2) is 0 Å². The van der Waals surface area contributed by atoms with Crippen LogP contribution in [0.3, 0.4) is 0 Å². The van der Waals surface area contributed by atoms with Gasteiger partial charge in [0.1, 0.15) is 8.07 Å². The molecule has 0 radical (unpaired) electrons. The van der Waals surface area contributed by atoms with Crippen LogP contribution in [-0.2, 0) is 0 Å². The Hall–Kier alpha value is -2.64. The van der Waals surface area contributed by atoms with Crippen molar-refractivity contribution in [2.45, 2.75) is 19.6 Å². The van der Waals surface area contributed by atoms with Gasteiger partial charge in [-0.25, -0.2) is 0 Å². The molecule has 0 bridgehead atoms. The van der Waals surface area contributed by atoms with E-state index in [1.54, 1.807) is 0 Å². The smallest absolute Gasteiger partial charge is 0.129 e. The van der Waals surface area contributed by atoms with Crippen molar-refractivity contribution in [2.75, 3.05) is 0 Å². The van der Waals surface area contributed by atoms with Crippen LogP contribution in [0.15, 0.2) is 66.0 Å². The number of thiophene rings is 2. The molecule has 2 heterocycles. The van der Waals surface area contributed by atoms with Gasteiger partial charge in [0, 0.05) is 20.2 Å². The molecule has 0 unspecified atom stereocenters. The Morgan fingerprint density at radius 1 is 0.600 bits per heavy atom. The van der Waals surface area contributed by atoms with Crippen molar-refractivity contribution in [2.24, 2.45) is 0 Å². The topological polar surface area (TPSA) is 0 Å². The molecule has 0 N–H and O–H groups in total. The molecule has 0 aliphatic carbocycles. The first-order valence-electron chi connectivity index (χ1n) is 10.2. The molecule has 6 rings (SSSR count). The van der Waals surface area contributed by atoms with Gasteiger partial charge in [0.05, 0.1) is 4.88 Å². The second kappa shape index (κ2) is 6.43. The Morgan fingerprint density at radius 2 is 1.13 bits per heavy atom. The highest BCUT2D eigenvalue weighted by Crippen LogP contribution is 2.39. The van der Waals surface area contributed by atoms with Crippen LogP contribution in [0, 0.1) is 11.5 Å². The quantitative estimate of drug-likeness (QED) is 0.127. The monoisotopic (exact) mass is 436 g/mol. The van der Waals surface area contributed by atoms with Gasteiger partial charge >= 0.3 is 0 Å². The van der Waals surface area contributed by atoms with Gasteiger partial charge < -0.3 is 0 Å². The number of rotatable bonds is 0. The molecule has 0 saturated heterocycles. The summed E-state index contributed by atoms with van der Waals surface area (Å²) in [5.74, 6) is 3.45. The number of benzene rings is 4. The van der Waals surface area contributed by atoms with E-state index in [-0.39, 0.29) is 0 Å². The molecular formula is C27H20S2Si. The van der Waals surface area contributed by atoms with Gasteiger partial charge in [-0.15, -0.1) is 28.2 Å². The molecule has 3 heteroatoms. The fraction of sp³-hybridized carbons (Fsp3) is 0.111. The minimum absolute atomic E-state index is 1.18. The van der Waals surface area contributed by atoms with Gasteiger partial charge in [-0.05, 0) is 62.0 Å². The molecule has 4 aromatic carbocycles. The minimum Gasteiger partial charge on any atom is -0.144 e. The summed E-state index contributed by atoms with van der Waals surface area (Å²) in [7, 11) is -1.37. The Kier molecular flexibility index (Phi) is 3.89. The second-order valence-electron chi connectivity index (χ2n) is 8.90. The van der Waals surface area contributed by atoms with Gasteiger partial charge in [0.2, 0.25) is 0 Å². The third kappa shape index (κ3) is 2.80. The van der Waals surface area contributed by atoms with Crippen molar-refractivity contribution in [1.29, 1.82) is 0 Å². The highest BCUT2D eigenvalue weighted by Gasteiger charge is 2.12. The normalized spacial score (nSPS) is 12.2. The number of fused-ring (bicyclic) bond motifs is 9. The van der Waals surface area contributed by atoms with Crippen molar-refractivity contribution < 1.29 is 0 Å². The lowest BCUT2D eigenvalue weighted by Crippen LogP contribution is -2.16. The van der Waals surface area contributed by atoms with Crippen LogP contribution in [-0.4, -0.2) is 8.07 Å². The fourth-order valence-electron chi connectivity index (χ4n) is 4.32. The van der Waals surface area contributed by atoms with E-state index >= 15 is 0 Å². The zero-order valence-electron chi connectivity index (χ0n) is 17.2. The maximum atomic E-state index is 3.51. The zero-order valence-corrected chi connectivity index (χ0v) is 19.8. The molecular weight excluding hydrogens is 417 g/mol. The van der Waals surface area contributed by atoms with E-state index in [0.29, 0.717) is 0 Å². The van der Waals surface area contributed by atoms with Gasteiger partial charge in [0.25, 0.3) is 0 Å². The van der Waals surface area contributed by atoms with Gasteiger partial charge in [-0.1, -0.05) is 62.0 Å². The minimum atomic E-state index is -1.37. The molecule has 0 spiro atoms. The van der Waals surface area contributed by atoms with E-state index in [0.717, 1.165) is 0 Å². The lowest BCUT2D eigenvalue weighted by molar-refractivity contribution is 1.81. The van der Waals surface area contributed by atoms with Crippen molar-refractivity contribution in [3.05, 3.63) is 70.9 Å². The molecule has 0 nitrogen and oxygen atoms in total. The third-order valence-corrected chi connectivity index (χ3v) is 8.46. The van der Waals surface area contributed by atoms with E-state index in [2.05, 4.69) is 97.1 Å². The lowest BCUT2D eigenvalue weighted by Gasteiger charge is -2.09. The summed E-state index contributed by atoms with van der Waals surface area (Å²) in [6.07, 6.45) is 0. The van der Waals surface area contributed by atoms with Crippen LogP contribution in [0.2, 0.25) is 19.6 Å². The van der Waals surface area contributed by atoms with Crippen LogP contribution >= 0.6 is 22.7 Å². The summed E-state index contributed by atoms with van der Waals surface area (Å²) in [4.78, 5) is 1.18. The highest BCUT2D eigenvalue weighted by atomic mass is 32.1. The lowest BCUT2D eigenvalue weighted by atomic mass is 9.95. The van der Waals surface area contributed by atoms with Crippen LogP contribution in [0.1, 0.15) is 4.88 Å². The van der Waals surface area contributed by atoms with E-state index in [1.807, 2.05) is 22.7 Å². The predicted molar refractivity (Wildman–Crippen MR) is 140 cm³/mol. The third-order valence-electron chi connectivity index (χ3n) is 5.68. The average molecular weight is 437 g/mol. The predicted octanol–water partition coefficient (Wildman–Crippen LogP) is 8.80. The second-order valence-corrected chi connectivity index (χ2v) is 15.7. The Morgan fingerprint density at radius 3 is 1.77 bits per heavy atom. The molecule has 0 fully saturated rings. The number of hydrogen-bond acceptors (Lipinski definition) is 2. The van der Waals surface area contributed by atoms with Crippen molar-refractivity contribution in [3.8, 4) is 11.5 Å². The largest absolute Gasteiger partial charge is 0.144 e. The SMILES string of the molecule is C[Si](C)(C)C#Cc1cc2c(ccc3c2ccc2c4ccc5sccc5c4ccc32)s1. The van der Waals surface area contributed by atoms with E-state index in [4.69, 9.17) is 0 Å². The Bertz CT molecular complexity index is 1680. The maximum absolute atomic E-state index is 3.51. The molecule has 6 aromatic rings. The summed E-state index contributed by atoms with van der Waals surface area (Å²) in [6, 6.07) is 22.9. The van der Waals surface area contributed by atoms with Crippen molar-refractivity contribution in [1.82, 2.24) is 0 Å². The average Bonchev–Trinajstić information content (AvgIpc) is 3.37. The number of hydrogen-bond donors (Lipinski definition) is 0. The molecule has 0 aliphatic rings. The van der Waals surface area contributed by atoms with Crippen molar-refractivity contribution >= 4 is 83.2 Å². The summed E-state index contributed by atoms with van der Waals surface area (Å²) >= 11 is 3.62. The summed E-state index contributed by atoms with van der Waals surface area (Å²) < 4.78 is 2.68. The first kappa shape index (κ1) is 18.2. The molecule has 0 atom stereocenters. The molecule has 144 valence electrons. The van der Waals surface area contributed by atoms with Crippen LogP contribution in [0.5, 0.6) is 0 Å². The summed E-state index contributed by atoms with van der Waals surface area (Å²) in [5.41, 5.74) is 3.51. The Labute approximate surface area is 184 Å². The van der Waals surface area contributed by atoms with Crippen LogP contribution in [0.4, 0.5) is 0 Å². The van der Waals surface area contributed by atoms with E-state index in [1.165, 1.54) is 57.4 Å². The molecule has 0 aliphatic heterocycles. The standard InChI is InChI=1S/C27H20S2Si/c1-30(2,3)15-13-17-16-25-23-7-5-18-19(21(23)9-11-27(25)29-17)4-6-22-20(18)8-10-26-24(22)12-14-28-26/h4-12,14,16H,1-3H3.